The molecule has 6 heteroatoms. The molecule has 0 aliphatic heterocycles. The minimum atomic E-state index is 0.559. The monoisotopic (exact) mass is 278 g/mol. The Kier molecular flexibility index (Phi) is 5.09. The summed E-state index contributed by atoms with van der Waals surface area (Å²) < 4.78 is 5.62. The number of ether oxygens (including phenoxy) is 1. The normalized spacial score (nSPS) is 10.4. The first-order valence-corrected chi connectivity index (χ1v) is 7.25. The van der Waals surface area contributed by atoms with Gasteiger partial charge in [-0.1, -0.05) is 6.92 Å². The van der Waals surface area contributed by atoms with Crippen molar-refractivity contribution in [2.75, 3.05) is 18.5 Å². The predicted octanol–water partition coefficient (Wildman–Crippen LogP) is 2.68. The van der Waals surface area contributed by atoms with E-state index in [-0.39, 0.29) is 0 Å². The second kappa shape index (κ2) is 7.04. The molecule has 2 aromatic rings. The molecular formula is C13H18N4OS. The van der Waals surface area contributed by atoms with Gasteiger partial charge in [0.2, 0.25) is 5.88 Å². The summed E-state index contributed by atoms with van der Waals surface area (Å²) in [5.74, 6) is 1.32. The lowest BCUT2D eigenvalue weighted by molar-refractivity contribution is 0.309. The van der Waals surface area contributed by atoms with Crippen molar-refractivity contribution >= 4 is 17.2 Å². The molecule has 0 bridgehead atoms. The SMILES string of the molecule is CCCNc1cncc(OCCc2scnc2C)n1. The molecule has 0 unspecified atom stereocenters. The maximum atomic E-state index is 5.62. The Morgan fingerprint density at radius 2 is 2.26 bits per heavy atom. The largest absolute Gasteiger partial charge is 0.476 e. The van der Waals surface area contributed by atoms with Gasteiger partial charge in [0.1, 0.15) is 5.82 Å². The lowest BCUT2D eigenvalue weighted by Crippen LogP contribution is -2.06. The summed E-state index contributed by atoms with van der Waals surface area (Å²) in [4.78, 5) is 13.9. The molecule has 2 heterocycles. The summed E-state index contributed by atoms with van der Waals surface area (Å²) in [7, 11) is 0. The van der Waals surface area contributed by atoms with Crippen molar-refractivity contribution in [3.8, 4) is 5.88 Å². The van der Waals surface area contributed by atoms with Crippen LogP contribution in [0.2, 0.25) is 0 Å². The maximum absolute atomic E-state index is 5.62. The van der Waals surface area contributed by atoms with Gasteiger partial charge >= 0.3 is 0 Å². The average Bonchev–Trinajstić information content (AvgIpc) is 2.83. The van der Waals surface area contributed by atoms with Crippen LogP contribution in [-0.2, 0) is 6.42 Å². The summed E-state index contributed by atoms with van der Waals surface area (Å²) in [5, 5.41) is 3.19. The summed E-state index contributed by atoms with van der Waals surface area (Å²) in [6.07, 6.45) is 5.24. The Balaban J connectivity index is 1.84. The van der Waals surface area contributed by atoms with Crippen molar-refractivity contribution in [1.82, 2.24) is 15.0 Å². The maximum Gasteiger partial charge on any atom is 0.234 e. The van der Waals surface area contributed by atoms with Gasteiger partial charge in [-0.15, -0.1) is 11.3 Å². The molecule has 19 heavy (non-hydrogen) atoms. The van der Waals surface area contributed by atoms with Gasteiger partial charge in [0, 0.05) is 17.8 Å². The molecule has 0 saturated carbocycles. The summed E-state index contributed by atoms with van der Waals surface area (Å²) in [5.41, 5.74) is 2.94. The van der Waals surface area contributed by atoms with Gasteiger partial charge in [0.15, 0.2) is 0 Å². The molecule has 1 N–H and O–H groups in total. The van der Waals surface area contributed by atoms with Crippen molar-refractivity contribution in [3.05, 3.63) is 28.5 Å². The zero-order valence-electron chi connectivity index (χ0n) is 11.2. The highest BCUT2D eigenvalue weighted by Crippen LogP contribution is 2.14. The number of hydrogen-bond acceptors (Lipinski definition) is 6. The molecule has 0 radical (unpaired) electrons. The lowest BCUT2D eigenvalue weighted by Gasteiger charge is -2.07. The number of aryl methyl sites for hydroxylation is 1. The molecule has 0 aliphatic carbocycles. The van der Waals surface area contributed by atoms with Crippen LogP contribution in [0.3, 0.4) is 0 Å². The van der Waals surface area contributed by atoms with E-state index in [0.717, 1.165) is 30.9 Å². The van der Waals surface area contributed by atoms with Crippen LogP contribution >= 0.6 is 11.3 Å². The molecular weight excluding hydrogens is 260 g/mol. The summed E-state index contributed by atoms with van der Waals surface area (Å²) >= 11 is 1.66. The Bertz CT molecular complexity index is 515. The highest BCUT2D eigenvalue weighted by Gasteiger charge is 2.03. The van der Waals surface area contributed by atoms with Gasteiger partial charge in [-0.25, -0.2) is 4.98 Å². The smallest absolute Gasteiger partial charge is 0.234 e. The fraction of sp³-hybridized carbons (Fsp3) is 0.462. The molecule has 0 saturated heterocycles. The lowest BCUT2D eigenvalue weighted by atomic mass is 10.3. The van der Waals surface area contributed by atoms with Gasteiger partial charge in [0.25, 0.3) is 0 Å². The molecule has 5 nitrogen and oxygen atoms in total. The van der Waals surface area contributed by atoms with E-state index >= 15 is 0 Å². The summed E-state index contributed by atoms with van der Waals surface area (Å²) in [6, 6.07) is 0. The molecule has 0 aliphatic rings. The third kappa shape index (κ3) is 4.17. The standard InChI is InChI=1S/C13H18N4OS/c1-3-5-15-12-7-14-8-13(17-12)18-6-4-11-10(2)16-9-19-11/h7-9H,3-6H2,1-2H3,(H,15,17). The molecule has 2 rings (SSSR count). The number of nitrogens with one attached hydrogen (secondary N) is 1. The quantitative estimate of drug-likeness (QED) is 0.843. The molecule has 2 aromatic heterocycles. The van der Waals surface area contributed by atoms with E-state index in [1.807, 2.05) is 12.4 Å². The van der Waals surface area contributed by atoms with Crippen LogP contribution in [0.15, 0.2) is 17.9 Å². The van der Waals surface area contributed by atoms with Crippen LogP contribution in [0.25, 0.3) is 0 Å². The number of anilines is 1. The Morgan fingerprint density at radius 3 is 3.00 bits per heavy atom. The highest BCUT2D eigenvalue weighted by atomic mass is 32.1. The second-order valence-electron chi connectivity index (χ2n) is 4.13. The van der Waals surface area contributed by atoms with E-state index in [0.29, 0.717) is 12.5 Å². The third-order valence-electron chi connectivity index (χ3n) is 2.59. The zero-order chi connectivity index (χ0) is 13.5. The van der Waals surface area contributed by atoms with Crippen LogP contribution in [-0.4, -0.2) is 28.1 Å². The van der Waals surface area contributed by atoms with E-state index in [1.165, 1.54) is 4.88 Å². The van der Waals surface area contributed by atoms with E-state index < -0.39 is 0 Å². The van der Waals surface area contributed by atoms with E-state index in [4.69, 9.17) is 4.74 Å². The minimum Gasteiger partial charge on any atom is -0.476 e. The molecule has 102 valence electrons. The van der Waals surface area contributed by atoms with E-state index in [9.17, 15) is 0 Å². The van der Waals surface area contributed by atoms with Crippen molar-refractivity contribution in [2.45, 2.75) is 26.7 Å². The van der Waals surface area contributed by atoms with Crippen molar-refractivity contribution < 1.29 is 4.74 Å². The van der Waals surface area contributed by atoms with Gasteiger partial charge in [-0.2, -0.15) is 4.98 Å². The predicted molar refractivity (Wildman–Crippen MR) is 76.9 cm³/mol. The number of rotatable bonds is 7. The van der Waals surface area contributed by atoms with Crippen molar-refractivity contribution in [1.29, 1.82) is 0 Å². The number of thiazole rings is 1. The number of hydrogen-bond donors (Lipinski definition) is 1. The second-order valence-corrected chi connectivity index (χ2v) is 5.07. The van der Waals surface area contributed by atoms with Crippen LogP contribution in [0.4, 0.5) is 5.82 Å². The van der Waals surface area contributed by atoms with Crippen molar-refractivity contribution in [2.24, 2.45) is 0 Å². The average molecular weight is 278 g/mol. The first kappa shape index (κ1) is 13.7. The van der Waals surface area contributed by atoms with Gasteiger partial charge < -0.3 is 10.1 Å². The first-order valence-electron chi connectivity index (χ1n) is 6.37. The molecule has 0 atom stereocenters. The molecule has 0 aromatic carbocycles. The zero-order valence-corrected chi connectivity index (χ0v) is 12.0. The Hall–Kier alpha value is -1.69. The van der Waals surface area contributed by atoms with Gasteiger partial charge in [0.05, 0.1) is 30.2 Å². The highest BCUT2D eigenvalue weighted by molar-refractivity contribution is 7.09. The van der Waals surface area contributed by atoms with Crippen LogP contribution in [0.1, 0.15) is 23.9 Å². The summed E-state index contributed by atoms with van der Waals surface area (Å²) in [6.45, 7) is 5.60. The van der Waals surface area contributed by atoms with Crippen LogP contribution in [0, 0.1) is 6.92 Å². The fourth-order valence-corrected chi connectivity index (χ4v) is 2.33. The van der Waals surface area contributed by atoms with Crippen LogP contribution < -0.4 is 10.1 Å². The van der Waals surface area contributed by atoms with Crippen LogP contribution in [0.5, 0.6) is 5.88 Å². The Labute approximate surface area is 117 Å². The van der Waals surface area contributed by atoms with Gasteiger partial charge in [-0.3, -0.25) is 4.98 Å². The number of aromatic nitrogens is 3. The van der Waals surface area contributed by atoms with E-state index in [1.54, 1.807) is 23.7 Å². The topological polar surface area (TPSA) is 59.9 Å². The molecule has 0 fully saturated rings. The van der Waals surface area contributed by atoms with Crippen molar-refractivity contribution in [3.63, 3.8) is 0 Å². The number of nitrogens with zero attached hydrogens (tertiary/aromatic N) is 3. The third-order valence-corrected chi connectivity index (χ3v) is 3.59. The first-order chi connectivity index (χ1) is 9.29. The van der Waals surface area contributed by atoms with E-state index in [2.05, 4.69) is 27.2 Å². The molecule has 0 amide bonds. The molecule has 0 spiro atoms. The minimum absolute atomic E-state index is 0.559. The fourth-order valence-electron chi connectivity index (χ4n) is 1.57. The Morgan fingerprint density at radius 1 is 1.37 bits per heavy atom. The van der Waals surface area contributed by atoms with Gasteiger partial charge in [-0.05, 0) is 13.3 Å².